The van der Waals surface area contributed by atoms with E-state index >= 15 is 0 Å². The van der Waals surface area contributed by atoms with Crippen LogP contribution in [-0.4, -0.2) is 38.8 Å². The van der Waals surface area contributed by atoms with Gasteiger partial charge in [-0.15, -0.1) is 0 Å². The first-order chi connectivity index (χ1) is 8.50. The summed E-state index contributed by atoms with van der Waals surface area (Å²) >= 11 is 0. The topological polar surface area (TPSA) is 53.0 Å². The number of hydrogen-bond donors (Lipinski definition) is 1. The number of anilines is 2. The van der Waals surface area contributed by atoms with Crippen LogP contribution in [0.4, 0.5) is 11.4 Å². The van der Waals surface area contributed by atoms with Crippen LogP contribution in [-0.2, 0) is 10.4 Å². The van der Waals surface area contributed by atoms with Crippen molar-refractivity contribution in [2.45, 2.75) is 12.0 Å². The molecular weight excluding hydrogens is 232 g/mol. The van der Waals surface area contributed by atoms with Crippen molar-refractivity contribution >= 4 is 17.3 Å². The van der Waals surface area contributed by atoms with Crippen molar-refractivity contribution in [1.82, 2.24) is 0 Å². The number of rotatable bonds is 1. The molecule has 96 valence electrons. The molecule has 0 bridgehead atoms. The van der Waals surface area contributed by atoms with Gasteiger partial charge >= 0.3 is 0 Å². The van der Waals surface area contributed by atoms with E-state index in [0.717, 1.165) is 5.69 Å². The molecule has 0 saturated carbocycles. The Morgan fingerprint density at radius 3 is 2.78 bits per heavy atom. The average molecular weight is 248 g/mol. The zero-order chi connectivity index (χ0) is 13.1. The maximum atomic E-state index is 12.3. The Hall–Kier alpha value is -1.75. The number of nitrogens with zero attached hydrogens (tertiary/aromatic N) is 2. The first-order valence-corrected chi connectivity index (χ1v) is 5.94. The van der Waals surface area contributed by atoms with Gasteiger partial charge in [-0.3, -0.25) is 4.79 Å². The minimum atomic E-state index is -1.39. The average Bonchev–Trinajstić information content (AvgIpc) is 2.58. The van der Waals surface area contributed by atoms with Gasteiger partial charge in [0.05, 0.1) is 12.8 Å². The van der Waals surface area contributed by atoms with Crippen LogP contribution >= 0.6 is 0 Å². The number of carbonyl (C=O) groups excluding carboxylic acids is 1. The third-order valence-electron chi connectivity index (χ3n) is 3.97. The standard InChI is InChI=1S/C13H16N2O3/c1-14-7-6-13(17)10-8(14)4-5-9(18-3)11(10)15(2)12(13)16/h4-5,17H,6-7H2,1-3H3. The molecule has 2 heterocycles. The van der Waals surface area contributed by atoms with E-state index in [0.29, 0.717) is 30.0 Å². The van der Waals surface area contributed by atoms with Gasteiger partial charge in [-0.25, -0.2) is 0 Å². The minimum absolute atomic E-state index is 0.267. The molecule has 1 aromatic rings. The van der Waals surface area contributed by atoms with Crippen molar-refractivity contribution in [2.75, 3.05) is 37.5 Å². The number of amides is 1. The summed E-state index contributed by atoms with van der Waals surface area (Å²) in [5.41, 5.74) is 0.884. The normalized spacial score (nSPS) is 25.4. The van der Waals surface area contributed by atoms with E-state index in [4.69, 9.17) is 4.74 Å². The molecule has 5 heteroatoms. The summed E-state index contributed by atoms with van der Waals surface area (Å²) in [5, 5.41) is 10.7. The molecule has 0 aromatic heterocycles. The molecule has 1 atom stereocenters. The number of aliphatic hydroxyl groups is 1. The smallest absolute Gasteiger partial charge is 0.263 e. The van der Waals surface area contributed by atoms with Gasteiger partial charge in [-0.05, 0) is 12.1 Å². The first kappa shape index (κ1) is 11.3. The summed E-state index contributed by atoms with van der Waals surface area (Å²) < 4.78 is 5.30. The molecule has 18 heavy (non-hydrogen) atoms. The van der Waals surface area contributed by atoms with Gasteiger partial charge in [0.25, 0.3) is 5.91 Å². The molecular formula is C13H16N2O3. The fraction of sp³-hybridized carbons (Fsp3) is 0.462. The maximum absolute atomic E-state index is 12.3. The lowest BCUT2D eigenvalue weighted by atomic mass is 9.86. The molecule has 1 aromatic carbocycles. The number of hydrogen-bond acceptors (Lipinski definition) is 4. The Kier molecular flexibility index (Phi) is 2.13. The highest BCUT2D eigenvalue weighted by molar-refractivity contribution is 6.10. The molecule has 3 rings (SSSR count). The summed E-state index contributed by atoms with van der Waals surface area (Å²) in [5.74, 6) is 0.354. The van der Waals surface area contributed by atoms with E-state index < -0.39 is 5.60 Å². The Labute approximate surface area is 106 Å². The second-order valence-corrected chi connectivity index (χ2v) is 4.91. The van der Waals surface area contributed by atoms with Gasteiger partial charge in [-0.1, -0.05) is 0 Å². The lowest BCUT2D eigenvalue weighted by Gasteiger charge is -2.34. The van der Waals surface area contributed by atoms with Crippen molar-refractivity contribution in [3.63, 3.8) is 0 Å². The van der Waals surface area contributed by atoms with Gasteiger partial charge in [0.2, 0.25) is 0 Å². The summed E-state index contributed by atoms with van der Waals surface area (Å²) in [6, 6.07) is 3.74. The highest BCUT2D eigenvalue weighted by Crippen LogP contribution is 2.52. The zero-order valence-corrected chi connectivity index (χ0v) is 10.7. The Morgan fingerprint density at radius 1 is 1.39 bits per heavy atom. The van der Waals surface area contributed by atoms with E-state index in [1.54, 1.807) is 14.2 Å². The Bertz CT molecular complexity index is 543. The molecule has 0 fully saturated rings. The number of ether oxygens (including phenoxy) is 1. The van der Waals surface area contributed by atoms with E-state index in [9.17, 15) is 9.90 Å². The highest BCUT2D eigenvalue weighted by Gasteiger charge is 2.53. The summed E-state index contributed by atoms with van der Waals surface area (Å²) in [6.45, 7) is 0.662. The molecule has 1 unspecified atom stereocenters. The number of methoxy groups -OCH3 is 1. The molecule has 5 nitrogen and oxygen atoms in total. The van der Waals surface area contributed by atoms with Crippen LogP contribution in [0.15, 0.2) is 12.1 Å². The number of carbonyl (C=O) groups is 1. The first-order valence-electron chi connectivity index (χ1n) is 5.94. The predicted octanol–water partition coefficient (Wildman–Crippen LogP) is 0.699. The van der Waals surface area contributed by atoms with Crippen LogP contribution in [0.25, 0.3) is 0 Å². The monoisotopic (exact) mass is 248 g/mol. The quantitative estimate of drug-likeness (QED) is 0.795. The van der Waals surface area contributed by atoms with E-state index in [-0.39, 0.29) is 5.91 Å². The molecule has 0 spiro atoms. The molecule has 2 aliphatic heterocycles. The fourth-order valence-electron chi connectivity index (χ4n) is 2.95. The van der Waals surface area contributed by atoms with E-state index in [2.05, 4.69) is 4.90 Å². The second-order valence-electron chi connectivity index (χ2n) is 4.91. The predicted molar refractivity (Wildman–Crippen MR) is 68.2 cm³/mol. The molecule has 1 amide bonds. The van der Waals surface area contributed by atoms with Gasteiger partial charge < -0.3 is 19.6 Å². The Morgan fingerprint density at radius 2 is 2.11 bits per heavy atom. The molecule has 2 aliphatic rings. The zero-order valence-electron chi connectivity index (χ0n) is 10.7. The molecule has 1 N–H and O–H groups in total. The summed E-state index contributed by atoms with van der Waals surface area (Å²) in [7, 11) is 5.21. The molecule has 0 saturated heterocycles. The van der Waals surface area contributed by atoms with Crippen molar-refractivity contribution in [1.29, 1.82) is 0 Å². The van der Waals surface area contributed by atoms with Crippen LogP contribution in [0.5, 0.6) is 5.75 Å². The second kappa shape index (κ2) is 3.38. The largest absolute Gasteiger partial charge is 0.495 e. The third kappa shape index (κ3) is 1.12. The lowest BCUT2D eigenvalue weighted by molar-refractivity contribution is -0.136. The minimum Gasteiger partial charge on any atom is -0.495 e. The van der Waals surface area contributed by atoms with Crippen molar-refractivity contribution < 1.29 is 14.6 Å². The van der Waals surface area contributed by atoms with Crippen LogP contribution in [0.2, 0.25) is 0 Å². The van der Waals surface area contributed by atoms with Crippen molar-refractivity contribution in [2.24, 2.45) is 0 Å². The molecule has 0 radical (unpaired) electrons. The lowest BCUT2D eigenvalue weighted by Crippen LogP contribution is -2.44. The van der Waals surface area contributed by atoms with Gasteiger partial charge in [0.15, 0.2) is 5.60 Å². The van der Waals surface area contributed by atoms with Gasteiger partial charge in [0, 0.05) is 38.3 Å². The summed E-state index contributed by atoms with van der Waals surface area (Å²) in [4.78, 5) is 15.8. The van der Waals surface area contributed by atoms with Gasteiger partial charge in [-0.2, -0.15) is 0 Å². The van der Waals surface area contributed by atoms with E-state index in [1.165, 1.54) is 4.90 Å². The van der Waals surface area contributed by atoms with Crippen LogP contribution in [0.1, 0.15) is 12.0 Å². The third-order valence-corrected chi connectivity index (χ3v) is 3.97. The SMILES string of the molecule is COc1ccc2c3c1N(C)C(=O)C3(O)CCN2C. The fourth-order valence-corrected chi connectivity index (χ4v) is 2.95. The van der Waals surface area contributed by atoms with Crippen molar-refractivity contribution in [3.8, 4) is 5.75 Å². The van der Waals surface area contributed by atoms with Gasteiger partial charge in [0.1, 0.15) is 5.75 Å². The number of benzene rings is 1. The Balaban J connectivity index is 2.36. The summed E-state index contributed by atoms with van der Waals surface area (Å²) in [6.07, 6.45) is 0.417. The van der Waals surface area contributed by atoms with E-state index in [1.807, 2.05) is 19.2 Å². The molecule has 0 aliphatic carbocycles. The van der Waals surface area contributed by atoms with Crippen LogP contribution < -0.4 is 14.5 Å². The maximum Gasteiger partial charge on any atom is 0.263 e. The van der Waals surface area contributed by atoms with Crippen molar-refractivity contribution in [3.05, 3.63) is 17.7 Å². The van der Waals surface area contributed by atoms with Crippen LogP contribution in [0.3, 0.4) is 0 Å². The highest BCUT2D eigenvalue weighted by atomic mass is 16.5. The number of likely N-dealkylation sites (N-methyl/N-ethyl adjacent to an activating group) is 1. The van der Waals surface area contributed by atoms with Crippen LogP contribution in [0, 0.1) is 0 Å².